The Bertz CT molecular complexity index is 725. The summed E-state index contributed by atoms with van der Waals surface area (Å²) in [6.45, 7) is 0. The number of carbonyl (C=O) groups excluding carboxylic acids is 2. The average molecular weight is 374 g/mol. The van der Waals surface area contributed by atoms with E-state index in [0.29, 0.717) is 15.7 Å². The molecule has 0 aliphatic carbocycles. The van der Waals surface area contributed by atoms with Crippen molar-refractivity contribution < 1.29 is 19.1 Å². The Morgan fingerprint density at radius 2 is 1.64 bits per heavy atom. The van der Waals surface area contributed by atoms with Crippen LogP contribution in [-0.4, -0.2) is 30.6 Å². The molecular weight excluding hydrogens is 356 g/mol. The number of hydrogen-bond acceptors (Lipinski definition) is 6. The normalized spacial score (nSPS) is 15.6. The molecule has 130 valence electrons. The van der Waals surface area contributed by atoms with Crippen molar-refractivity contribution >= 4 is 35.5 Å². The minimum Gasteiger partial charge on any atom is -0.466 e. The van der Waals surface area contributed by atoms with E-state index in [1.807, 2.05) is 41.7 Å². The van der Waals surface area contributed by atoms with Crippen LogP contribution in [0.1, 0.15) is 32.2 Å². The molecule has 1 heterocycles. The largest absolute Gasteiger partial charge is 0.466 e. The van der Waals surface area contributed by atoms with E-state index < -0.39 is 18.0 Å². The lowest BCUT2D eigenvalue weighted by Crippen LogP contribution is -2.21. The molecule has 25 heavy (non-hydrogen) atoms. The molecule has 0 saturated carbocycles. The van der Waals surface area contributed by atoms with E-state index in [0.717, 1.165) is 11.5 Å². The first-order valence-corrected chi connectivity index (χ1v) is 9.95. The van der Waals surface area contributed by atoms with Crippen molar-refractivity contribution in [3.8, 4) is 0 Å². The van der Waals surface area contributed by atoms with Gasteiger partial charge in [0.15, 0.2) is 0 Å². The summed E-state index contributed by atoms with van der Waals surface area (Å²) in [4.78, 5) is 24.4. The van der Waals surface area contributed by atoms with Gasteiger partial charge in [0.2, 0.25) is 6.10 Å². The van der Waals surface area contributed by atoms with Crippen LogP contribution >= 0.6 is 23.5 Å². The van der Waals surface area contributed by atoms with Crippen LogP contribution in [0, 0.1) is 0 Å². The van der Waals surface area contributed by atoms with Crippen LogP contribution in [0.25, 0.3) is 0 Å². The molecule has 0 amide bonds. The van der Waals surface area contributed by atoms with Crippen LogP contribution < -0.4 is 0 Å². The molecule has 0 aromatic heterocycles. The van der Waals surface area contributed by atoms with Gasteiger partial charge in [0, 0.05) is 17.1 Å². The number of hydrogen-bond donors (Lipinski definition) is 0. The van der Waals surface area contributed by atoms with E-state index >= 15 is 0 Å². The van der Waals surface area contributed by atoms with Crippen LogP contribution in [0.3, 0.4) is 0 Å². The topological polar surface area (TPSA) is 52.6 Å². The summed E-state index contributed by atoms with van der Waals surface area (Å²) >= 11 is 3.82. The molecule has 3 rings (SSSR count). The summed E-state index contributed by atoms with van der Waals surface area (Å²) in [5.74, 6) is 1.15. The molecule has 1 unspecified atom stereocenters. The van der Waals surface area contributed by atoms with Gasteiger partial charge in [0.1, 0.15) is 0 Å². The van der Waals surface area contributed by atoms with Crippen LogP contribution in [0.5, 0.6) is 0 Å². The van der Waals surface area contributed by atoms with E-state index in [1.165, 1.54) is 12.7 Å². The Morgan fingerprint density at radius 1 is 1.00 bits per heavy atom. The van der Waals surface area contributed by atoms with Crippen molar-refractivity contribution in [1.82, 2.24) is 0 Å². The van der Waals surface area contributed by atoms with E-state index in [-0.39, 0.29) is 0 Å². The highest BCUT2D eigenvalue weighted by Crippen LogP contribution is 2.45. The molecule has 1 saturated heterocycles. The van der Waals surface area contributed by atoms with Gasteiger partial charge in [-0.2, -0.15) is 0 Å². The number of esters is 2. The Labute approximate surface area is 155 Å². The minimum absolute atomic E-state index is 0.418. The molecule has 6 heteroatoms. The number of ether oxygens (including phenoxy) is 2. The maximum absolute atomic E-state index is 12.4. The van der Waals surface area contributed by atoms with Crippen molar-refractivity contribution in [1.29, 1.82) is 0 Å². The van der Waals surface area contributed by atoms with Gasteiger partial charge in [0.05, 0.1) is 17.3 Å². The summed E-state index contributed by atoms with van der Waals surface area (Å²) < 4.78 is 10.6. The van der Waals surface area contributed by atoms with Crippen molar-refractivity contribution in [3.05, 3.63) is 71.3 Å². The molecule has 0 spiro atoms. The predicted molar refractivity (Wildman–Crippen MR) is 101 cm³/mol. The highest BCUT2D eigenvalue weighted by Gasteiger charge is 2.26. The van der Waals surface area contributed by atoms with E-state index in [2.05, 4.69) is 0 Å². The molecule has 2 aromatic rings. The third-order valence-electron chi connectivity index (χ3n) is 3.78. The predicted octanol–water partition coefficient (Wildman–Crippen LogP) is 4.24. The molecule has 0 bridgehead atoms. The fourth-order valence-corrected chi connectivity index (χ4v) is 5.35. The van der Waals surface area contributed by atoms with Gasteiger partial charge in [0.25, 0.3) is 0 Å². The Morgan fingerprint density at radius 3 is 2.24 bits per heavy atom. The van der Waals surface area contributed by atoms with Gasteiger partial charge in [-0.15, -0.1) is 23.5 Å². The first-order chi connectivity index (χ1) is 12.2. The molecule has 1 atom stereocenters. The standard InChI is InChI=1S/C19H18O4S2/c1-22-18(21)16(13-5-3-2-4-6-13)23-17(20)14-7-9-15(10-8-14)19-24-11-12-25-19/h2-10,16,19H,11-12H2,1H3. The highest BCUT2D eigenvalue weighted by atomic mass is 32.2. The zero-order valence-electron chi connectivity index (χ0n) is 13.7. The summed E-state index contributed by atoms with van der Waals surface area (Å²) in [5, 5.41) is 0. The summed E-state index contributed by atoms with van der Waals surface area (Å²) in [7, 11) is 1.28. The Balaban J connectivity index is 1.73. The third-order valence-corrected chi connectivity index (χ3v) is 6.89. The van der Waals surface area contributed by atoms with Gasteiger partial charge in [-0.3, -0.25) is 0 Å². The first-order valence-electron chi connectivity index (χ1n) is 7.86. The number of benzene rings is 2. The second-order valence-corrected chi connectivity index (χ2v) is 8.14. The maximum Gasteiger partial charge on any atom is 0.351 e. The molecule has 0 radical (unpaired) electrons. The van der Waals surface area contributed by atoms with Crippen LogP contribution in [0.2, 0.25) is 0 Å². The van der Waals surface area contributed by atoms with E-state index in [4.69, 9.17) is 9.47 Å². The quantitative estimate of drug-likeness (QED) is 0.730. The second-order valence-electron chi connectivity index (χ2n) is 5.41. The van der Waals surface area contributed by atoms with Gasteiger partial charge >= 0.3 is 11.9 Å². The van der Waals surface area contributed by atoms with E-state index in [9.17, 15) is 9.59 Å². The van der Waals surface area contributed by atoms with Crippen molar-refractivity contribution in [2.24, 2.45) is 0 Å². The number of methoxy groups -OCH3 is 1. The summed E-state index contributed by atoms with van der Waals surface area (Å²) in [5.41, 5.74) is 2.19. The van der Waals surface area contributed by atoms with Gasteiger partial charge in [-0.25, -0.2) is 9.59 Å². The molecule has 1 aliphatic rings. The van der Waals surface area contributed by atoms with Crippen LogP contribution in [-0.2, 0) is 14.3 Å². The zero-order valence-corrected chi connectivity index (χ0v) is 15.3. The molecule has 2 aromatic carbocycles. The number of rotatable bonds is 5. The van der Waals surface area contributed by atoms with Crippen molar-refractivity contribution in [2.45, 2.75) is 10.7 Å². The lowest BCUT2D eigenvalue weighted by molar-refractivity contribution is -0.151. The third kappa shape index (κ3) is 4.38. The summed E-state index contributed by atoms with van der Waals surface area (Å²) in [6.07, 6.45) is -1.07. The van der Waals surface area contributed by atoms with Gasteiger partial charge < -0.3 is 9.47 Å². The molecular formula is C19H18O4S2. The van der Waals surface area contributed by atoms with Gasteiger partial charge in [-0.05, 0) is 17.7 Å². The number of carbonyl (C=O) groups is 2. The van der Waals surface area contributed by atoms with Crippen molar-refractivity contribution in [3.63, 3.8) is 0 Å². The maximum atomic E-state index is 12.4. The molecule has 4 nitrogen and oxygen atoms in total. The molecule has 1 aliphatic heterocycles. The van der Waals surface area contributed by atoms with Crippen LogP contribution in [0.4, 0.5) is 0 Å². The second kappa shape index (κ2) is 8.45. The monoisotopic (exact) mass is 374 g/mol. The molecule has 0 N–H and O–H groups in total. The lowest BCUT2D eigenvalue weighted by atomic mass is 10.1. The summed E-state index contributed by atoms with van der Waals surface area (Å²) in [6, 6.07) is 16.2. The lowest BCUT2D eigenvalue weighted by Gasteiger charge is -2.16. The fraction of sp³-hybridized carbons (Fsp3) is 0.263. The van der Waals surface area contributed by atoms with Crippen LogP contribution in [0.15, 0.2) is 54.6 Å². The average Bonchev–Trinajstić information content (AvgIpc) is 3.21. The molecule has 1 fully saturated rings. The smallest absolute Gasteiger partial charge is 0.351 e. The minimum atomic E-state index is -1.07. The Kier molecular flexibility index (Phi) is 6.04. The Hall–Kier alpha value is -1.92. The highest BCUT2D eigenvalue weighted by molar-refractivity contribution is 8.19. The zero-order chi connectivity index (χ0) is 17.6. The fourth-order valence-electron chi connectivity index (χ4n) is 2.49. The van der Waals surface area contributed by atoms with E-state index in [1.54, 1.807) is 36.4 Å². The van der Waals surface area contributed by atoms with Gasteiger partial charge in [-0.1, -0.05) is 42.5 Å². The first kappa shape index (κ1) is 17.9. The van der Waals surface area contributed by atoms with Crippen molar-refractivity contribution in [2.75, 3.05) is 18.6 Å². The number of thioether (sulfide) groups is 2. The SMILES string of the molecule is COC(=O)C(OC(=O)c1ccc(C2SCCS2)cc1)c1ccccc1.